The minimum atomic E-state index is -0.227. The van der Waals surface area contributed by atoms with Crippen LogP contribution in [0.15, 0.2) is 59.7 Å². The van der Waals surface area contributed by atoms with E-state index in [1.807, 2.05) is 42.5 Å². The van der Waals surface area contributed by atoms with Gasteiger partial charge in [0.15, 0.2) is 0 Å². The Labute approximate surface area is 124 Å². The van der Waals surface area contributed by atoms with E-state index in [9.17, 15) is 4.79 Å². The number of nitrogens with one attached hydrogen (secondary N) is 1. The van der Waals surface area contributed by atoms with Crippen LogP contribution in [0.2, 0.25) is 0 Å². The predicted molar refractivity (Wildman–Crippen MR) is 83.7 cm³/mol. The van der Waals surface area contributed by atoms with Gasteiger partial charge in [0.05, 0.1) is 12.8 Å². The van der Waals surface area contributed by atoms with E-state index in [4.69, 9.17) is 4.74 Å². The van der Waals surface area contributed by atoms with E-state index in [1.54, 1.807) is 18.3 Å². The third-order valence-electron chi connectivity index (χ3n) is 2.77. The summed E-state index contributed by atoms with van der Waals surface area (Å²) in [4.78, 5) is 11.8. The summed E-state index contributed by atoms with van der Waals surface area (Å²) in [5.74, 6) is 0.608. The lowest BCUT2D eigenvalue weighted by atomic mass is 10.2. The van der Waals surface area contributed by atoms with Crippen LogP contribution in [0, 0.1) is 0 Å². The first-order valence-corrected chi connectivity index (χ1v) is 6.91. The van der Waals surface area contributed by atoms with Gasteiger partial charge in [-0.15, -0.1) is 0 Å². The summed E-state index contributed by atoms with van der Waals surface area (Å²) < 4.78 is 5.50. The molecule has 0 radical (unpaired) electrons. The second-order valence-corrected chi connectivity index (χ2v) is 4.48. The average molecular weight is 282 g/mol. The second kappa shape index (κ2) is 7.85. The number of carbonyl (C=O) groups excluding carboxylic acids is 1. The molecule has 0 atom stereocenters. The van der Waals surface area contributed by atoms with Gasteiger partial charge in [-0.25, -0.2) is 5.43 Å². The van der Waals surface area contributed by atoms with Crippen LogP contribution in [-0.2, 0) is 0 Å². The van der Waals surface area contributed by atoms with Gasteiger partial charge in [-0.1, -0.05) is 25.1 Å². The Hall–Kier alpha value is -2.62. The summed E-state index contributed by atoms with van der Waals surface area (Å²) in [6, 6.07) is 16.5. The molecule has 2 aromatic rings. The highest BCUT2D eigenvalue weighted by Crippen LogP contribution is 2.11. The number of hydrogen-bond donors (Lipinski definition) is 1. The van der Waals surface area contributed by atoms with Crippen LogP contribution < -0.4 is 10.2 Å². The zero-order valence-electron chi connectivity index (χ0n) is 12.0. The zero-order chi connectivity index (χ0) is 14.9. The van der Waals surface area contributed by atoms with Crippen LogP contribution >= 0.6 is 0 Å². The fraction of sp³-hybridized carbons (Fsp3) is 0.176. The molecule has 0 aliphatic rings. The minimum Gasteiger partial charge on any atom is -0.494 e. The number of hydrogen-bond acceptors (Lipinski definition) is 3. The summed E-state index contributed by atoms with van der Waals surface area (Å²) in [6.45, 7) is 2.77. The number of rotatable bonds is 6. The average Bonchev–Trinajstić information content (AvgIpc) is 2.55. The van der Waals surface area contributed by atoms with Crippen molar-refractivity contribution in [2.45, 2.75) is 13.3 Å². The Balaban J connectivity index is 1.88. The normalized spacial score (nSPS) is 10.5. The molecule has 0 aliphatic heterocycles. The van der Waals surface area contributed by atoms with Gasteiger partial charge in [0.25, 0.3) is 5.91 Å². The molecule has 0 spiro atoms. The van der Waals surface area contributed by atoms with E-state index in [-0.39, 0.29) is 5.91 Å². The van der Waals surface area contributed by atoms with Crippen molar-refractivity contribution < 1.29 is 9.53 Å². The van der Waals surface area contributed by atoms with Gasteiger partial charge < -0.3 is 4.74 Å². The molecular weight excluding hydrogens is 264 g/mol. The molecule has 0 aliphatic carbocycles. The molecule has 1 N–H and O–H groups in total. The van der Waals surface area contributed by atoms with Crippen LogP contribution in [0.1, 0.15) is 29.3 Å². The van der Waals surface area contributed by atoms with Crippen LogP contribution in [0.4, 0.5) is 0 Å². The third kappa shape index (κ3) is 4.76. The van der Waals surface area contributed by atoms with E-state index in [0.29, 0.717) is 12.2 Å². The molecule has 0 aromatic heterocycles. The van der Waals surface area contributed by atoms with Gasteiger partial charge in [0.1, 0.15) is 5.75 Å². The van der Waals surface area contributed by atoms with E-state index in [0.717, 1.165) is 17.7 Å². The van der Waals surface area contributed by atoms with E-state index in [1.165, 1.54) is 0 Å². The lowest BCUT2D eigenvalue weighted by molar-refractivity contribution is 0.0955. The quantitative estimate of drug-likeness (QED) is 0.653. The van der Waals surface area contributed by atoms with Gasteiger partial charge in [0, 0.05) is 5.56 Å². The molecule has 0 fully saturated rings. The largest absolute Gasteiger partial charge is 0.494 e. The van der Waals surface area contributed by atoms with Crippen molar-refractivity contribution in [3.05, 3.63) is 65.7 Å². The van der Waals surface area contributed by atoms with Gasteiger partial charge in [-0.3, -0.25) is 4.79 Å². The van der Waals surface area contributed by atoms with Crippen molar-refractivity contribution in [1.82, 2.24) is 5.43 Å². The van der Waals surface area contributed by atoms with Crippen molar-refractivity contribution in [2.24, 2.45) is 5.10 Å². The standard InChI is InChI=1S/C17H18N2O2/c1-2-12-21-16-10-8-14(9-11-16)13-18-19-17(20)15-6-4-3-5-7-15/h3-11,13H,2,12H2,1H3,(H,19,20)/b18-13+. The Kier molecular flexibility index (Phi) is 5.52. The molecule has 21 heavy (non-hydrogen) atoms. The van der Waals surface area contributed by atoms with Crippen LogP contribution in [-0.4, -0.2) is 18.7 Å². The van der Waals surface area contributed by atoms with E-state index in [2.05, 4.69) is 17.5 Å². The fourth-order valence-corrected chi connectivity index (χ4v) is 1.69. The first-order valence-electron chi connectivity index (χ1n) is 6.91. The first-order chi connectivity index (χ1) is 10.3. The van der Waals surface area contributed by atoms with Crippen molar-refractivity contribution in [3.8, 4) is 5.75 Å². The molecule has 0 unspecified atom stereocenters. The van der Waals surface area contributed by atoms with Gasteiger partial charge in [0.2, 0.25) is 0 Å². The fourth-order valence-electron chi connectivity index (χ4n) is 1.69. The molecule has 1 amide bonds. The van der Waals surface area contributed by atoms with E-state index >= 15 is 0 Å². The van der Waals surface area contributed by atoms with Crippen molar-refractivity contribution in [3.63, 3.8) is 0 Å². The van der Waals surface area contributed by atoms with Gasteiger partial charge in [-0.05, 0) is 48.4 Å². The first kappa shape index (κ1) is 14.8. The highest BCUT2D eigenvalue weighted by atomic mass is 16.5. The molecule has 2 rings (SSSR count). The maximum Gasteiger partial charge on any atom is 0.271 e. The maximum atomic E-state index is 11.8. The molecule has 0 heterocycles. The number of benzene rings is 2. The Morgan fingerprint density at radius 3 is 2.52 bits per heavy atom. The highest BCUT2D eigenvalue weighted by Gasteiger charge is 2.01. The van der Waals surface area contributed by atoms with Gasteiger partial charge in [-0.2, -0.15) is 5.10 Å². The topological polar surface area (TPSA) is 50.7 Å². The molecule has 108 valence electrons. The predicted octanol–water partition coefficient (Wildman–Crippen LogP) is 3.24. The number of nitrogens with zero attached hydrogens (tertiary/aromatic N) is 1. The SMILES string of the molecule is CCCOc1ccc(/C=N/NC(=O)c2ccccc2)cc1. The molecule has 2 aromatic carbocycles. The van der Waals surface area contributed by atoms with E-state index < -0.39 is 0 Å². The summed E-state index contributed by atoms with van der Waals surface area (Å²) >= 11 is 0. The monoisotopic (exact) mass is 282 g/mol. The third-order valence-corrected chi connectivity index (χ3v) is 2.77. The van der Waals surface area contributed by atoms with Crippen LogP contribution in [0.25, 0.3) is 0 Å². The molecule has 4 heteroatoms. The maximum absolute atomic E-state index is 11.8. The Morgan fingerprint density at radius 2 is 1.86 bits per heavy atom. The Bertz CT molecular complexity index is 592. The number of ether oxygens (including phenoxy) is 1. The minimum absolute atomic E-state index is 0.227. The molecule has 4 nitrogen and oxygen atoms in total. The number of hydrazone groups is 1. The summed E-state index contributed by atoms with van der Waals surface area (Å²) in [6.07, 6.45) is 2.58. The molecule has 0 saturated heterocycles. The lowest BCUT2D eigenvalue weighted by Gasteiger charge is -2.04. The van der Waals surface area contributed by atoms with Crippen molar-refractivity contribution >= 4 is 12.1 Å². The summed E-state index contributed by atoms with van der Waals surface area (Å²) in [5.41, 5.74) is 3.97. The molecular formula is C17H18N2O2. The second-order valence-electron chi connectivity index (χ2n) is 4.48. The molecule has 0 bridgehead atoms. The lowest BCUT2D eigenvalue weighted by Crippen LogP contribution is -2.17. The zero-order valence-corrected chi connectivity index (χ0v) is 12.0. The number of amides is 1. The Morgan fingerprint density at radius 1 is 1.14 bits per heavy atom. The summed E-state index contributed by atoms with van der Waals surface area (Å²) in [7, 11) is 0. The van der Waals surface area contributed by atoms with Crippen LogP contribution in [0.5, 0.6) is 5.75 Å². The van der Waals surface area contributed by atoms with Gasteiger partial charge >= 0.3 is 0 Å². The van der Waals surface area contributed by atoms with Crippen LogP contribution in [0.3, 0.4) is 0 Å². The highest BCUT2D eigenvalue weighted by molar-refractivity contribution is 5.94. The van der Waals surface area contributed by atoms with Crippen molar-refractivity contribution in [2.75, 3.05) is 6.61 Å². The number of carbonyl (C=O) groups is 1. The smallest absolute Gasteiger partial charge is 0.271 e. The molecule has 0 saturated carbocycles. The summed E-state index contributed by atoms with van der Waals surface area (Å²) in [5, 5.41) is 3.94. The van der Waals surface area contributed by atoms with Crippen molar-refractivity contribution in [1.29, 1.82) is 0 Å².